The monoisotopic (exact) mass is 417 g/mol. The molecule has 6 nitrogen and oxygen atoms in total. The van der Waals surface area contributed by atoms with E-state index in [0.29, 0.717) is 12.1 Å². The van der Waals surface area contributed by atoms with Crippen molar-refractivity contribution in [2.45, 2.75) is 38.0 Å². The van der Waals surface area contributed by atoms with Gasteiger partial charge in [-0.1, -0.05) is 49.4 Å². The van der Waals surface area contributed by atoms with Crippen molar-refractivity contribution in [3.8, 4) is 0 Å². The molecule has 0 aliphatic heterocycles. The standard InChI is InChI=1S/C22H27NO5S/c1-4-18(19-8-6-5-7-9-19)14-23-21(24)16(2)28-22(25)20-12-10-17(11-13-20)15-29(3,26)27/h5-13,16,18H,4,14-15H2,1-3H3,(H,23,24)/t16-,18-/m1/s1. The van der Waals surface area contributed by atoms with E-state index < -0.39 is 21.9 Å². The third-order valence-electron chi connectivity index (χ3n) is 4.56. The lowest BCUT2D eigenvalue weighted by molar-refractivity contribution is -0.129. The molecule has 29 heavy (non-hydrogen) atoms. The van der Waals surface area contributed by atoms with Gasteiger partial charge in [-0.05, 0) is 36.6 Å². The second-order valence-electron chi connectivity index (χ2n) is 7.08. The molecule has 0 aromatic heterocycles. The Morgan fingerprint density at radius 3 is 2.21 bits per heavy atom. The smallest absolute Gasteiger partial charge is 0.338 e. The van der Waals surface area contributed by atoms with Crippen LogP contribution in [-0.4, -0.2) is 39.2 Å². The van der Waals surface area contributed by atoms with Crippen LogP contribution in [0.3, 0.4) is 0 Å². The van der Waals surface area contributed by atoms with Gasteiger partial charge in [0, 0.05) is 18.7 Å². The Morgan fingerprint density at radius 2 is 1.66 bits per heavy atom. The van der Waals surface area contributed by atoms with Crippen LogP contribution in [0.15, 0.2) is 54.6 Å². The van der Waals surface area contributed by atoms with Gasteiger partial charge in [0.05, 0.1) is 11.3 Å². The van der Waals surface area contributed by atoms with Crippen molar-refractivity contribution in [3.05, 3.63) is 71.3 Å². The lowest BCUT2D eigenvalue weighted by Gasteiger charge is -2.18. The Morgan fingerprint density at radius 1 is 1.03 bits per heavy atom. The molecule has 2 rings (SSSR count). The van der Waals surface area contributed by atoms with E-state index in [1.807, 2.05) is 30.3 Å². The molecule has 2 aromatic rings. The van der Waals surface area contributed by atoms with E-state index in [9.17, 15) is 18.0 Å². The molecular weight excluding hydrogens is 390 g/mol. The average molecular weight is 418 g/mol. The zero-order chi connectivity index (χ0) is 21.4. The summed E-state index contributed by atoms with van der Waals surface area (Å²) < 4.78 is 27.9. The minimum atomic E-state index is -3.15. The predicted molar refractivity (Wildman–Crippen MR) is 112 cm³/mol. The largest absolute Gasteiger partial charge is 0.449 e. The number of benzene rings is 2. The van der Waals surface area contributed by atoms with Crippen LogP contribution < -0.4 is 5.32 Å². The van der Waals surface area contributed by atoms with E-state index in [0.717, 1.165) is 18.2 Å². The van der Waals surface area contributed by atoms with Gasteiger partial charge >= 0.3 is 5.97 Å². The Kier molecular flexibility index (Phi) is 7.96. The van der Waals surface area contributed by atoms with Crippen LogP contribution in [0.4, 0.5) is 0 Å². The van der Waals surface area contributed by atoms with Gasteiger partial charge in [0.1, 0.15) is 0 Å². The molecule has 1 N–H and O–H groups in total. The first kappa shape index (κ1) is 22.6. The molecule has 0 aliphatic carbocycles. The van der Waals surface area contributed by atoms with Crippen LogP contribution >= 0.6 is 0 Å². The molecule has 7 heteroatoms. The zero-order valence-electron chi connectivity index (χ0n) is 16.9. The van der Waals surface area contributed by atoms with Crippen molar-refractivity contribution in [1.82, 2.24) is 5.32 Å². The van der Waals surface area contributed by atoms with E-state index in [1.165, 1.54) is 19.1 Å². The molecule has 2 atom stereocenters. The SMILES string of the molecule is CC[C@H](CNC(=O)[C@@H](C)OC(=O)c1ccc(CS(C)(=O)=O)cc1)c1ccccc1. The number of amides is 1. The highest BCUT2D eigenvalue weighted by Gasteiger charge is 2.20. The number of rotatable bonds is 9. The minimum Gasteiger partial charge on any atom is -0.449 e. The summed E-state index contributed by atoms with van der Waals surface area (Å²) in [6.45, 7) is 4.04. The van der Waals surface area contributed by atoms with E-state index in [-0.39, 0.29) is 23.1 Å². The van der Waals surface area contributed by atoms with Gasteiger partial charge in [-0.2, -0.15) is 0 Å². The van der Waals surface area contributed by atoms with Gasteiger partial charge in [0.25, 0.3) is 5.91 Å². The van der Waals surface area contributed by atoms with Crippen LogP contribution in [0.2, 0.25) is 0 Å². The molecule has 0 unspecified atom stereocenters. The predicted octanol–water partition coefficient (Wildman–Crippen LogP) is 3.09. The fraction of sp³-hybridized carbons (Fsp3) is 0.364. The fourth-order valence-electron chi connectivity index (χ4n) is 2.91. The molecule has 0 bridgehead atoms. The minimum absolute atomic E-state index is 0.0961. The summed E-state index contributed by atoms with van der Waals surface area (Å²) in [7, 11) is -3.15. The van der Waals surface area contributed by atoms with Gasteiger partial charge in [-0.3, -0.25) is 4.79 Å². The molecule has 0 aliphatic rings. The first-order valence-electron chi connectivity index (χ1n) is 9.50. The topological polar surface area (TPSA) is 89.5 Å². The maximum atomic E-state index is 12.3. The van der Waals surface area contributed by atoms with Crippen molar-refractivity contribution in [2.24, 2.45) is 0 Å². The highest BCUT2D eigenvalue weighted by molar-refractivity contribution is 7.89. The van der Waals surface area contributed by atoms with E-state index in [4.69, 9.17) is 4.74 Å². The number of esters is 1. The molecule has 0 saturated carbocycles. The normalized spacial score (nSPS) is 13.3. The Bertz CT molecular complexity index is 923. The van der Waals surface area contributed by atoms with Gasteiger partial charge < -0.3 is 10.1 Å². The number of sulfone groups is 1. The summed E-state index contributed by atoms with van der Waals surface area (Å²) in [5, 5.41) is 2.84. The highest BCUT2D eigenvalue weighted by Crippen LogP contribution is 2.18. The molecule has 0 spiro atoms. The third kappa shape index (κ3) is 7.34. The van der Waals surface area contributed by atoms with Crippen molar-refractivity contribution < 1.29 is 22.7 Å². The van der Waals surface area contributed by atoms with E-state index in [1.54, 1.807) is 12.1 Å². The second kappa shape index (κ2) is 10.2. The number of hydrogen-bond acceptors (Lipinski definition) is 5. The van der Waals surface area contributed by atoms with Crippen LogP contribution in [0.5, 0.6) is 0 Å². The maximum absolute atomic E-state index is 12.3. The molecule has 156 valence electrons. The van der Waals surface area contributed by atoms with Crippen molar-refractivity contribution in [1.29, 1.82) is 0 Å². The van der Waals surface area contributed by atoms with Crippen LogP contribution in [0.25, 0.3) is 0 Å². The zero-order valence-corrected chi connectivity index (χ0v) is 17.7. The molecule has 0 fully saturated rings. The Balaban J connectivity index is 1.89. The van der Waals surface area contributed by atoms with Gasteiger partial charge in [-0.15, -0.1) is 0 Å². The maximum Gasteiger partial charge on any atom is 0.338 e. The van der Waals surface area contributed by atoms with E-state index in [2.05, 4.69) is 12.2 Å². The van der Waals surface area contributed by atoms with Crippen molar-refractivity contribution in [3.63, 3.8) is 0 Å². The number of hydrogen-bond donors (Lipinski definition) is 1. The second-order valence-corrected chi connectivity index (χ2v) is 9.22. The summed E-state index contributed by atoms with van der Waals surface area (Å²) >= 11 is 0. The summed E-state index contributed by atoms with van der Waals surface area (Å²) in [6.07, 6.45) is 1.08. The van der Waals surface area contributed by atoms with Crippen molar-refractivity contribution in [2.75, 3.05) is 12.8 Å². The molecular formula is C22H27NO5S. The summed E-state index contributed by atoms with van der Waals surface area (Å²) in [6, 6.07) is 16.0. The number of ether oxygens (including phenoxy) is 1. The summed E-state index contributed by atoms with van der Waals surface area (Å²) in [5.74, 6) is -0.901. The lowest BCUT2D eigenvalue weighted by Crippen LogP contribution is -2.38. The molecule has 0 saturated heterocycles. The highest BCUT2D eigenvalue weighted by atomic mass is 32.2. The van der Waals surface area contributed by atoms with Crippen LogP contribution in [0, 0.1) is 0 Å². The molecule has 0 heterocycles. The van der Waals surface area contributed by atoms with Crippen LogP contribution in [0.1, 0.15) is 47.7 Å². The molecule has 0 radical (unpaired) electrons. The average Bonchev–Trinajstić information content (AvgIpc) is 2.68. The third-order valence-corrected chi connectivity index (χ3v) is 5.42. The Labute approximate surface area is 172 Å². The number of nitrogens with one attached hydrogen (secondary N) is 1. The van der Waals surface area contributed by atoms with Gasteiger partial charge in [0.2, 0.25) is 0 Å². The van der Waals surface area contributed by atoms with Gasteiger partial charge in [0.15, 0.2) is 15.9 Å². The Hall–Kier alpha value is -2.67. The number of carbonyl (C=O) groups excluding carboxylic acids is 2. The quantitative estimate of drug-likeness (QED) is 0.633. The first-order valence-corrected chi connectivity index (χ1v) is 11.6. The van der Waals surface area contributed by atoms with E-state index >= 15 is 0 Å². The molecule has 1 amide bonds. The molecule has 2 aromatic carbocycles. The first-order chi connectivity index (χ1) is 13.7. The summed E-state index contributed by atoms with van der Waals surface area (Å²) in [4.78, 5) is 24.6. The fourth-order valence-corrected chi connectivity index (χ4v) is 3.71. The van der Waals surface area contributed by atoms with Gasteiger partial charge in [-0.25, -0.2) is 13.2 Å². The van der Waals surface area contributed by atoms with Crippen LogP contribution in [-0.2, 0) is 25.1 Å². The lowest BCUT2D eigenvalue weighted by atomic mass is 9.96. The number of carbonyl (C=O) groups is 2. The van der Waals surface area contributed by atoms with Crippen molar-refractivity contribution >= 4 is 21.7 Å². The summed E-state index contributed by atoms with van der Waals surface area (Å²) in [5.41, 5.74) is 1.99.